The lowest BCUT2D eigenvalue weighted by atomic mass is 9.99. The molecule has 2 aliphatic heterocycles. The maximum absolute atomic E-state index is 11.2. The first kappa shape index (κ1) is 19.4. The number of phenols is 2. The van der Waals surface area contributed by atoms with Gasteiger partial charge in [0.25, 0.3) is 0 Å². The molecule has 6 heteroatoms. The van der Waals surface area contributed by atoms with Gasteiger partial charge in [-0.25, -0.2) is 4.99 Å². The molecule has 0 atom stereocenters. The SMILES string of the molecule is CNCCC1=c2c(O)cccc2=NC1=c1ccc2c(c1O)C(CCN(C)C)=CN=2. The number of aromatic hydroxyl groups is 2. The molecule has 0 saturated carbocycles. The van der Waals surface area contributed by atoms with E-state index in [0.29, 0.717) is 11.6 Å². The summed E-state index contributed by atoms with van der Waals surface area (Å²) >= 11 is 0. The Morgan fingerprint density at radius 3 is 2.62 bits per heavy atom. The van der Waals surface area contributed by atoms with Crippen molar-refractivity contribution in [2.24, 2.45) is 9.98 Å². The zero-order valence-electron chi connectivity index (χ0n) is 17.0. The maximum Gasteiger partial charge on any atom is 0.134 e. The number of rotatable bonds is 6. The summed E-state index contributed by atoms with van der Waals surface area (Å²) in [5.74, 6) is 0.427. The van der Waals surface area contributed by atoms with Gasteiger partial charge in [0.05, 0.1) is 16.4 Å². The third kappa shape index (κ3) is 3.45. The minimum absolute atomic E-state index is 0.210. The molecule has 4 rings (SSSR count). The largest absolute Gasteiger partial charge is 0.507 e. The van der Waals surface area contributed by atoms with E-state index in [1.165, 1.54) is 0 Å². The maximum atomic E-state index is 11.2. The second-order valence-corrected chi connectivity index (χ2v) is 7.66. The van der Waals surface area contributed by atoms with E-state index in [0.717, 1.165) is 57.9 Å². The van der Waals surface area contributed by atoms with E-state index in [9.17, 15) is 10.2 Å². The van der Waals surface area contributed by atoms with Gasteiger partial charge in [0.1, 0.15) is 11.5 Å². The van der Waals surface area contributed by atoms with Crippen molar-refractivity contribution in [1.82, 2.24) is 10.2 Å². The van der Waals surface area contributed by atoms with Crippen LogP contribution < -0.4 is 26.5 Å². The first-order valence-electron chi connectivity index (χ1n) is 9.84. The van der Waals surface area contributed by atoms with Crippen molar-refractivity contribution < 1.29 is 10.2 Å². The van der Waals surface area contributed by atoms with Crippen LogP contribution in [0.3, 0.4) is 0 Å². The van der Waals surface area contributed by atoms with E-state index < -0.39 is 0 Å². The van der Waals surface area contributed by atoms with Crippen LogP contribution in [0.5, 0.6) is 11.5 Å². The summed E-state index contributed by atoms with van der Waals surface area (Å²) in [6, 6.07) is 9.18. The number of benzene rings is 2. The van der Waals surface area contributed by atoms with E-state index >= 15 is 0 Å². The van der Waals surface area contributed by atoms with E-state index in [2.05, 4.69) is 15.2 Å². The van der Waals surface area contributed by atoms with Crippen LogP contribution in [0.2, 0.25) is 0 Å². The van der Waals surface area contributed by atoms with Crippen molar-refractivity contribution in [2.75, 3.05) is 34.2 Å². The predicted molar refractivity (Wildman–Crippen MR) is 114 cm³/mol. The van der Waals surface area contributed by atoms with Crippen LogP contribution in [-0.2, 0) is 0 Å². The van der Waals surface area contributed by atoms with Crippen LogP contribution in [0.1, 0.15) is 18.4 Å². The summed E-state index contributed by atoms with van der Waals surface area (Å²) in [6.07, 6.45) is 3.36. The number of nitrogens with one attached hydrogen (secondary N) is 1. The molecule has 0 aromatic heterocycles. The Morgan fingerprint density at radius 2 is 1.86 bits per heavy atom. The third-order valence-corrected chi connectivity index (χ3v) is 5.39. The fourth-order valence-corrected chi connectivity index (χ4v) is 3.89. The van der Waals surface area contributed by atoms with Gasteiger partial charge < -0.3 is 20.4 Å². The Bertz CT molecular complexity index is 1240. The zero-order chi connectivity index (χ0) is 20.5. The Balaban J connectivity index is 1.93. The summed E-state index contributed by atoms with van der Waals surface area (Å²) in [5, 5.41) is 27.8. The van der Waals surface area contributed by atoms with E-state index in [1.807, 2.05) is 45.5 Å². The fraction of sp³-hybridized carbons (Fsp3) is 0.304. The van der Waals surface area contributed by atoms with Gasteiger partial charge in [0.15, 0.2) is 0 Å². The average Bonchev–Trinajstić information content (AvgIpc) is 3.27. The van der Waals surface area contributed by atoms with Gasteiger partial charge in [0, 0.05) is 28.7 Å². The lowest BCUT2D eigenvalue weighted by Crippen LogP contribution is -2.24. The van der Waals surface area contributed by atoms with Crippen LogP contribution in [0.15, 0.2) is 46.5 Å². The van der Waals surface area contributed by atoms with Gasteiger partial charge in [-0.3, -0.25) is 4.99 Å². The zero-order valence-corrected chi connectivity index (χ0v) is 17.0. The highest BCUT2D eigenvalue weighted by Crippen LogP contribution is 2.27. The second-order valence-electron chi connectivity index (χ2n) is 7.66. The molecule has 0 bridgehead atoms. The molecule has 150 valence electrons. The standard InChI is InChI=1S/C23H26N4O2/c1-24-11-9-15-21-18(5-4-6-19(21)28)26-22(15)16-7-8-17-20(23(16)29)14(13-25-17)10-12-27(2)3/h4-8,13,24,28-29H,9-12H2,1-3H3. The molecule has 0 unspecified atom stereocenters. The van der Waals surface area contributed by atoms with Crippen molar-refractivity contribution in [1.29, 1.82) is 0 Å². The number of hydrogen-bond donors (Lipinski definition) is 3. The topological polar surface area (TPSA) is 80.4 Å². The number of nitrogens with zero attached hydrogens (tertiary/aromatic N) is 3. The van der Waals surface area contributed by atoms with E-state index in [1.54, 1.807) is 12.1 Å². The number of hydrogen-bond acceptors (Lipinski definition) is 6. The molecule has 0 saturated heterocycles. The molecular weight excluding hydrogens is 364 g/mol. The molecule has 2 aliphatic rings. The van der Waals surface area contributed by atoms with Gasteiger partial charge in [0.2, 0.25) is 0 Å². The Morgan fingerprint density at radius 1 is 1.03 bits per heavy atom. The van der Waals surface area contributed by atoms with Crippen LogP contribution in [0.25, 0.3) is 16.8 Å². The summed E-state index contributed by atoms with van der Waals surface area (Å²) in [7, 11) is 5.96. The summed E-state index contributed by atoms with van der Waals surface area (Å²) in [5.41, 5.74) is 3.48. The molecular formula is C23H26N4O2. The molecule has 0 fully saturated rings. The van der Waals surface area contributed by atoms with Crippen LogP contribution in [-0.4, -0.2) is 49.3 Å². The lowest BCUT2D eigenvalue weighted by Gasteiger charge is -2.12. The smallest absolute Gasteiger partial charge is 0.134 e. The first-order valence-corrected chi connectivity index (χ1v) is 9.84. The van der Waals surface area contributed by atoms with Crippen LogP contribution >= 0.6 is 0 Å². The average molecular weight is 390 g/mol. The third-order valence-electron chi connectivity index (χ3n) is 5.39. The molecule has 3 N–H and O–H groups in total. The van der Waals surface area contributed by atoms with Gasteiger partial charge in [-0.05, 0) is 75.9 Å². The van der Waals surface area contributed by atoms with E-state index in [4.69, 9.17) is 4.99 Å². The molecule has 2 heterocycles. The quantitative estimate of drug-likeness (QED) is 0.660. The second kappa shape index (κ2) is 7.81. The van der Waals surface area contributed by atoms with Crippen molar-refractivity contribution in [3.05, 3.63) is 63.2 Å². The summed E-state index contributed by atoms with van der Waals surface area (Å²) in [4.78, 5) is 11.4. The number of phenolic OH excluding ortho intramolecular Hbond substituents is 2. The molecule has 0 amide bonds. The predicted octanol–water partition coefficient (Wildman–Crippen LogP) is 0.225. The summed E-state index contributed by atoms with van der Waals surface area (Å²) in [6.45, 7) is 1.63. The van der Waals surface area contributed by atoms with Crippen molar-refractivity contribution in [3.8, 4) is 11.5 Å². The van der Waals surface area contributed by atoms with Gasteiger partial charge >= 0.3 is 0 Å². The Hall–Kier alpha value is -2.96. The van der Waals surface area contributed by atoms with E-state index in [-0.39, 0.29) is 11.5 Å². The van der Waals surface area contributed by atoms with Crippen LogP contribution in [0, 0.1) is 0 Å². The molecule has 29 heavy (non-hydrogen) atoms. The van der Waals surface area contributed by atoms with Gasteiger partial charge in [-0.2, -0.15) is 0 Å². The highest BCUT2D eigenvalue weighted by atomic mass is 16.3. The molecule has 2 aromatic carbocycles. The molecule has 0 spiro atoms. The minimum atomic E-state index is 0.210. The van der Waals surface area contributed by atoms with Crippen LogP contribution in [0.4, 0.5) is 0 Å². The highest BCUT2D eigenvalue weighted by molar-refractivity contribution is 5.91. The first-order chi connectivity index (χ1) is 14.0. The molecule has 0 radical (unpaired) electrons. The molecule has 2 aromatic rings. The fourth-order valence-electron chi connectivity index (χ4n) is 3.89. The van der Waals surface area contributed by atoms with Crippen molar-refractivity contribution in [2.45, 2.75) is 12.8 Å². The Kier molecular flexibility index (Phi) is 5.22. The normalized spacial score (nSPS) is 16.4. The monoisotopic (exact) mass is 390 g/mol. The van der Waals surface area contributed by atoms with Gasteiger partial charge in [-0.1, -0.05) is 6.07 Å². The highest BCUT2D eigenvalue weighted by Gasteiger charge is 2.21. The molecule has 0 aliphatic carbocycles. The van der Waals surface area contributed by atoms with Crippen molar-refractivity contribution >= 4 is 16.8 Å². The number of fused-ring (bicyclic) bond motifs is 2. The Labute approximate surface area is 169 Å². The summed E-state index contributed by atoms with van der Waals surface area (Å²) < 4.78 is 0. The molecule has 6 nitrogen and oxygen atoms in total. The van der Waals surface area contributed by atoms with Crippen molar-refractivity contribution in [3.63, 3.8) is 0 Å². The lowest BCUT2D eigenvalue weighted by molar-refractivity contribution is 0.419. The van der Waals surface area contributed by atoms with Gasteiger partial charge in [-0.15, -0.1) is 0 Å². The minimum Gasteiger partial charge on any atom is -0.507 e.